The molecule has 5 rings (SSSR count). The van der Waals surface area contributed by atoms with Crippen LogP contribution in [0.15, 0.2) is 134 Å². The molecule has 0 unspecified atom stereocenters. The Morgan fingerprint density at radius 2 is 1.49 bits per heavy atom. The molecule has 8 nitrogen and oxygen atoms in total. The Morgan fingerprint density at radius 3 is 2.19 bits per heavy atom. The van der Waals surface area contributed by atoms with Gasteiger partial charge in [-0.05, 0) is 60.0 Å². The fourth-order valence-electron chi connectivity index (χ4n) is 5.23. The molecule has 1 heterocycles. The van der Waals surface area contributed by atoms with Crippen molar-refractivity contribution in [3.05, 3.63) is 156 Å². The molecule has 0 saturated carbocycles. The van der Waals surface area contributed by atoms with Crippen molar-refractivity contribution in [3.8, 4) is 5.75 Å². The van der Waals surface area contributed by atoms with Gasteiger partial charge in [0.1, 0.15) is 18.4 Å². The summed E-state index contributed by atoms with van der Waals surface area (Å²) in [6, 6.07) is 36.3. The van der Waals surface area contributed by atoms with E-state index >= 15 is 0 Å². The van der Waals surface area contributed by atoms with Crippen molar-refractivity contribution < 1.29 is 23.9 Å². The number of nitrogens with one attached hydrogen (secondary N) is 1. The Balaban J connectivity index is 1.20. The van der Waals surface area contributed by atoms with Crippen LogP contribution in [0.1, 0.15) is 33.5 Å². The van der Waals surface area contributed by atoms with Crippen molar-refractivity contribution in [1.82, 2.24) is 4.98 Å². The van der Waals surface area contributed by atoms with Gasteiger partial charge in [-0.15, -0.1) is 0 Å². The topological polar surface area (TPSA) is 97.8 Å². The number of carbonyl (C=O) groups excluding carboxylic acids is 3. The van der Waals surface area contributed by atoms with Gasteiger partial charge in [-0.1, -0.05) is 78.9 Å². The van der Waals surface area contributed by atoms with Crippen LogP contribution in [0, 0.1) is 0 Å². The average Bonchev–Trinajstić information content (AvgIpc) is 3.13. The second-order valence-electron chi connectivity index (χ2n) is 10.9. The van der Waals surface area contributed by atoms with Gasteiger partial charge in [0.2, 0.25) is 5.91 Å². The van der Waals surface area contributed by atoms with E-state index in [1.54, 1.807) is 47.6 Å². The van der Waals surface area contributed by atoms with Crippen LogP contribution in [0.4, 0.5) is 11.4 Å². The van der Waals surface area contributed by atoms with Crippen molar-refractivity contribution in [2.75, 3.05) is 30.5 Å². The van der Waals surface area contributed by atoms with Crippen LogP contribution < -0.4 is 15.0 Å². The van der Waals surface area contributed by atoms with Crippen LogP contribution in [-0.4, -0.2) is 48.9 Å². The molecule has 0 spiro atoms. The molecule has 0 saturated heterocycles. The maximum absolute atomic E-state index is 13.2. The Kier molecular flexibility index (Phi) is 11.5. The average molecular weight is 628 g/mol. The predicted molar refractivity (Wildman–Crippen MR) is 183 cm³/mol. The molecule has 1 aromatic heterocycles. The number of nitrogens with zero attached hydrogens (tertiary/aromatic N) is 2. The van der Waals surface area contributed by atoms with Gasteiger partial charge in [-0.25, -0.2) is 4.79 Å². The van der Waals surface area contributed by atoms with E-state index < -0.39 is 12.0 Å². The van der Waals surface area contributed by atoms with E-state index in [4.69, 9.17) is 9.47 Å². The van der Waals surface area contributed by atoms with Gasteiger partial charge in [0.05, 0.1) is 13.7 Å². The number of aromatic nitrogens is 1. The molecule has 0 radical (unpaired) electrons. The number of hydrogen-bond donors (Lipinski definition) is 1. The van der Waals surface area contributed by atoms with Gasteiger partial charge >= 0.3 is 5.97 Å². The fourth-order valence-corrected chi connectivity index (χ4v) is 5.23. The minimum absolute atomic E-state index is 0.00685. The number of aryl methyl sites for hydroxylation is 1. The molecule has 47 heavy (non-hydrogen) atoms. The number of pyridine rings is 1. The smallest absolute Gasteiger partial charge is 0.328 e. The molecular weight excluding hydrogens is 590 g/mol. The number of ketones is 1. The monoisotopic (exact) mass is 627 g/mol. The Morgan fingerprint density at radius 1 is 0.787 bits per heavy atom. The van der Waals surface area contributed by atoms with Crippen LogP contribution in [0.2, 0.25) is 0 Å². The minimum atomic E-state index is -0.728. The molecule has 0 aliphatic carbocycles. The SMILES string of the molecule is COC(=O)[C@H](Cc1ccc(OCCN(C(=O)CCc2cccnc2)c2ccccc2)cc1)Nc1ccccc1C(=O)c1ccccc1. The molecule has 5 aromatic rings. The maximum Gasteiger partial charge on any atom is 0.328 e. The zero-order chi connectivity index (χ0) is 32.8. The molecule has 0 fully saturated rings. The third-order valence-electron chi connectivity index (χ3n) is 7.69. The first kappa shape index (κ1) is 32.6. The van der Waals surface area contributed by atoms with Crippen molar-refractivity contribution in [3.63, 3.8) is 0 Å². The Labute approximate surface area is 275 Å². The number of methoxy groups -OCH3 is 1. The quantitative estimate of drug-likeness (QED) is 0.104. The highest BCUT2D eigenvalue weighted by Crippen LogP contribution is 2.23. The first-order valence-electron chi connectivity index (χ1n) is 15.5. The zero-order valence-electron chi connectivity index (χ0n) is 26.3. The molecule has 1 amide bonds. The lowest BCUT2D eigenvalue weighted by molar-refractivity contribution is -0.141. The lowest BCUT2D eigenvalue weighted by atomic mass is 10.00. The van der Waals surface area contributed by atoms with Gasteiger partial charge in [0, 0.05) is 47.7 Å². The molecular formula is C39H37N3O5. The Hall–Kier alpha value is -5.76. The second-order valence-corrected chi connectivity index (χ2v) is 10.9. The lowest BCUT2D eigenvalue weighted by Gasteiger charge is -2.23. The van der Waals surface area contributed by atoms with Crippen molar-refractivity contribution in [2.24, 2.45) is 0 Å². The number of benzene rings is 4. The van der Waals surface area contributed by atoms with E-state index in [9.17, 15) is 14.4 Å². The van der Waals surface area contributed by atoms with E-state index in [1.165, 1.54) is 7.11 Å². The number of amides is 1. The molecule has 0 aliphatic rings. The minimum Gasteiger partial charge on any atom is -0.492 e. The standard InChI is InChI=1S/C39H37N3O5/c1-46-39(45)36(41-35-17-9-8-16-34(35)38(44)31-12-4-2-5-13-31)27-29-18-21-33(22-19-29)47-26-25-42(32-14-6-3-7-15-32)37(43)23-20-30-11-10-24-40-28-30/h2-19,21-22,24,28,36,41H,20,23,25-27H2,1H3/t36-/m0/s1. The van der Waals surface area contributed by atoms with Gasteiger partial charge in [0.15, 0.2) is 5.78 Å². The number of para-hydroxylation sites is 2. The number of esters is 1. The summed E-state index contributed by atoms with van der Waals surface area (Å²) in [6.45, 7) is 0.679. The van der Waals surface area contributed by atoms with Gasteiger partial charge in [-0.2, -0.15) is 0 Å². The van der Waals surface area contributed by atoms with E-state index in [1.807, 2.05) is 91.0 Å². The van der Waals surface area contributed by atoms with Crippen LogP contribution in [0.3, 0.4) is 0 Å². The third-order valence-corrected chi connectivity index (χ3v) is 7.69. The summed E-state index contributed by atoms with van der Waals surface area (Å²) in [5, 5.41) is 3.24. The summed E-state index contributed by atoms with van der Waals surface area (Å²) >= 11 is 0. The molecule has 4 aromatic carbocycles. The van der Waals surface area contributed by atoms with Crippen LogP contribution in [-0.2, 0) is 27.2 Å². The fraction of sp³-hybridized carbons (Fsp3) is 0.179. The van der Waals surface area contributed by atoms with E-state index in [2.05, 4.69) is 10.3 Å². The number of hydrogen-bond acceptors (Lipinski definition) is 7. The third kappa shape index (κ3) is 9.14. The summed E-state index contributed by atoms with van der Waals surface area (Å²) in [5.74, 6) is 0.0691. The first-order chi connectivity index (χ1) is 23.0. The highest BCUT2D eigenvalue weighted by molar-refractivity contribution is 6.12. The molecule has 1 atom stereocenters. The lowest BCUT2D eigenvalue weighted by Crippen LogP contribution is -2.34. The van der Waals surface area contributed by atoms with Crippen molar-refractivity contribution >= 4 is 29.0 Å². The van der Waals surface area contributed by atoms with E-state index in [0.29, 0.717) is 55.0 Å². The summed E-state index contributed by atoms with van der Waals surface area (Å²) in [5.41, 5.74) is 4.29. The molecule has 8 heteroatoms. The Bertz CT molecular complexity index is 1750. The molecule has 0 bridgehead atoms. The number of rotatable bonds is 15. The van der Waals surface area contributed by atoms with Crippen LogP contribution >= 0.6 is 0 Å². The largest absolute Gasteiger partial charge is 0.492 e. The van der Waals surface area contributed by atoms with Crippen LogP contribution in [0.5, 0.6) is 5.75 Å². The second kappa shape index (κ2) is 16.5. The van der Waals surface area contributed by atoms with Gasteiger partial charge in [0.25, 0.3) is 0 Å². The number of anilines is 2. The van der Waals surface area contributed by atoms with Crippen molar-refractivity contribution in [1.29, 1.82) is 0 Å². The van der Waals surface area contributed by atoms with E-state index in [0.717, 1.165) is 16.8 Å². The molecule has 1 N–H and O–H groups in total. The van der Waals surface area contributed by atoms with Gasteiger partial charge in [-0.3, -0.25) is 14.6 Å². The first-order valence-corrected chi connectivity index (χ1v) is 15.5. The summed E-state index contributed by atoms with van der Waals surface area (Å²) in [4.78, 5) is 45.2. The van der Waals surface area contributed by atoms with Gasteiger partial charge < -0.3 is 19.7 Å². The highest BCUT2D eigenvalue weighted by atomic mass is 16.5. The normalized spacial score (nSPS) is 11.3. The molecule has 0 aliphatic heterocycles. The summed E-state index contributed by atoms with van der Waals surface area (Å²) in [7, 11) is 1.34. The number of carbonyl (C=O) groups is 3. The summed E-state index contributed by atoms with van der Waals surface area (Å²) in [6.07, 6.45) is 4.79. The highest BCUT2D eigenvalue weighted by Gasteiger charge is 2.23. The predicted octanol–water partition coefficient (Wildman–Crippen LogP) is 6.55. The molecule has 238 valence electrons. The van der Waals surface area contributed by atoms with Crippen molar-refractivity contribution in [2.45, 2.75) is 25.3 Å². The zero-order valence-corrected chi connectivity index (χ0v) is 26.3. The van der Waals surface area contributed by atoms with E-state index in [-0.39, 0.29) is 11.7 Å². The summed E-state index contributed by atoms with van der Waals surface area (Å²) < 4.78 is 11.1. The number of ether oxygens (including phenoxy) is 2. The van der Waals surface area contributed by atoms with Crippen LogP contribution in [0.25, 0.3) is 0 Å². The maximum atomic E-state index is 13.2.